The largest absolute Gasteiger partial charge is 0.478 e. The molecule has 0 amide bonds. The summed E-state index contributed by atoms with van der Waals surface area (Å²) in [5, 5.41) is 23.0. The number of nitro groups is 1. The second kappa shape index (κ2) is 5.44. The molecule has 7 nitrogen and oxygen atoms in total. The van der Waals surface area contributed by atoms with Gasteiger partial charge in [0.15, 0.2) is 0 Å². The van der Waals surface area contributed by atoms with Crippen molar-refractivity contribution < 1.29 is 14.8 Å². The fourth-order valence-electron chi connectivity index (χ4n) is 2.56. The van der Waals surface area contributed by atoms with Gasteiger partial charge in [0.05, 0.1) is 4.92 Å². The standard InChI is InChI=1S/C13H17N3O4/c1-13(5-3-2-4-6-13)15-11-10(12(17)18)7-9(8-14-11)16(19)20/h7-8H,2-6H2,1H3,(H,14,15)(H,17,18). The summed E-state index contributed by atoms with van der Waals surface area (Å²) < 4.78 is 0. The van der Waals surface area contributed by atoms with E-state index in [1.165, 1.54) is 6.42 Å². The van der Waals surface area contributed by atoms with Crippen LogP contribution in [-0.2, 0) is 0 Å². The van der Waals surface area contributed by atoms with Crippen molar-refractivity contribution in [2.24, 2.45) is 0 Å². The molecule has 1 aromatic rings. The first-order valence-corrected chi connectivity index (χ1v) is 6.57. The van der Waals surface area contributed by atoms with Gasteiger partial charge in [0.2, 0.25) is 0 Å². The molecule has 0 aliphatic heterocycles. The molecule has 0 spiro atoms. The van der Waals surface area contributed by atoms with E-state index in [-0.39, 0.29) is 22.6 Å². The number of carboxylic acids is 1. The lowest BCUT2D eigenvalue weighted by Crippen LogP contribution is -2.37. The van der Waals surface area contributed by atoms with E-state index in [2.05, 4.69) is 10.3 Å². The van der Waals surface area contributed by atoms with Crippen molar-refractivity contribution in [1.82, 2.24) is 4.98 Å². The zero-order valence-electron chi connectivity index (χ0n) is 11.3. The normalized spacial score (nSPS) is 17.4. The molecule has 1 fully saturated rings. The molecule has 0 saturated heterocycles. The average Bonchev–Trinajstić information content (AvgIpc) is 2.39. The molecule has 7 heteroatoms. The summed E-state index contributed by atoms with van der Waals surface area (Å²) in [6.07, 6.45) is 6.30. The molecule has 1 aliphatic carbocycles. The highest BCUT2D eigenvalue weighted by molar-refractivity contribution is 5.93. The summed E-state index contributed by atoms with van der Waals surface area (Å²) in [5.74, 6) is -1.02. The van der Waals surface area contributed by atoms with Crippen molar-refractivity contribution in [2.75, 3.05) is 5.32 Å². The average molecular weight is 279 g/mol. The van der Waals surface area contributed by atoms with Gasteiger partial charge >= 0.3 is 5.97 Å². The van der Waals surface area contributed by atoms with Crippen molar-refractivity contribution in [1.29, 1.82) is 0 Å². The number of rotatable bonds is 4. The lowest BCUT2D eigenvalue weighted by atomic mass is 9.83. The van der Waals surface area contributed by atoms with E-state index < -0.39 is 10.9 Å². The van der Waals surface area contributed by atoms with Crippen LogP contribution >= 0.6 is 0 Å². The van der Waals surface area contributed by atoms with Crippen LogP contribution in [-0.4, -0.2) is 26.5 Å². The van der Waals surface area contributed by atoms with Gasteiger partial charge in [0.25, 0.3) is 5.69 Å². The number of aromatic carboxylic acids is 1. The third-order valence-corrected chi connectivity index (χ3v) is 3.69. The molecule has 1 heterocycles. The maximum atomic E-state index is 11.2. The Bertz CT molecular complexity index is 538. The molecule has 0 radical (unpaired) electrons. The van der Waals surface area contributed by atoms with Crippen LogP contribution in [0.4, 0.5) is 11.5 Å². The summed E-state index contributed by atoms with van der Waals surface area (Å²) in [6, 6.07) is 1.05. The Morgan fingerprint density at radius 1 is 1.45 bits per heavy atom. The fraction of sp³-hybridized carbons (Fsp3) is 0.538. The predicted octanol–water partition coefficient (Wildman–Crippen LogP) is 2.82. The lowest BCUT2D eigenvalue weighted by Gasteiger charge is -2.35. The molecule has 1 saturated carbocycles. The second-order valence-corrected chi connectivity index (χ2v) is 5.40. The van der Waals surface area contributed by atoms with Crippen molar-refractivity contribution in [3.05, 3.63) is 27.9 Å². The second-order valence-electron chi connectivity index (χ2n) is 5.40. The first kappa shape index (κ1) is 14.2. The van der Waals surface area contributed by atoms with Crippen LogP contribution in [0.3, 0.4) is 0 Å². The van der Waals surface area contributed by atoms with Gasteiger partial charge in [-0.15, -0.1) is 0 Å². The minimum atomic E-state index is -1.22. The van der Waals surface area contributed by atoms with Crippen molar-refractivity contribution in [2.45, 2.75) is 44.6 Å². The van der Waals surface area contributed by atoms with E-state index in [1.54, 1.807) is 0 Å². The van der Waals surface area contributed by atoms with Gasteiger partial charge < -0.3 is 10.4 Å². The Labute approximate surface area is 116 Å². The highest BCUT2D eigenvalue weighted by Gasteiger charge is 2.29. The minimum Gasteiger partial charge on any atom is -0.478 e. The van der Waals surface area contributed by atoms with Gasteiger partial charge in [-0.2, -0.15) is 0 Å². The Morgan fingerprint density at radius 3 is 2.65 bits per heavy atom. The summed E-state index contributed by atoms with van der Waals surface area (Å²) in [7, 11) is 0. The molecule has 1 aliphatic rings. The molecular weight excluding hydrogens is 262 g/mol. The SMILES string of the molecule is CC1(Nc2ncc([N+](=O)[O-])cc2C(=O)O)CCCCC1. The van der Waals surface area contributed by atoms with Gasteiger partial charge in [-0.05, 0) is 19.8 Å². The van der Waals surface area contributed by atoms with Gasteiger partial charge in [-0.1, -0.05) is 19.3 Å². The number of nitrogens with one attached hydrogen (secondary N) is 1. The Balaban J connectivity index is 2.31. The zero-order chi connectivity index (χ0) is 14.8. The maximum Gasteiger partial charge on any atom is 0.339 e. The highest BCUT2D eigenvalue weighted by Crippen LogP contribution is 2.32. The first-order chi connectivity index (χ1) is 9.41. The molecule has 2 N–H and O–H groups in total. The van der Waals surface area contributed by atoms with Crippen LogP contribution < -0.4 is 5.32 Å². The van der Waals surface area contributed by atoms with Crippen LogP contribution in [0.15, 0.2) is 12.3 Å². The van der Waals surface area contributed by atoms with Crippen LogP contribution in [0.2, 0.25) is 0 Å². The number of anilines is 1. The third kappa shape index (κ3) is 3.04. The number of nitrogens with zero attached hydrogens (tertiary/aromatic N) is 2. The van der Waals surface area contributed by atoms with E-state index >= 15 is 0 Å². The molecule has 0 aromatic carbocycles. The summed E-state index contributed by atoms with van der Waals surface area (Å²) in [5.41, 5.74) is -0.682. The predicted molar refractivity (Wildman–Crippen MR) is 73.0 cm³/mol. The van der Waals surface area contributed by atoms with E-state index in [0.717, 1.165) is 37.9 Å². The van der Waals surface area contributed by atoms with Gasteiger partial charge in [-0.3, -0.25) is 10.1 Å². The number of hydrogen-bond donors (Lipinski definition) is 2. The van der Waals surface area contributed by atoms with Crippen LogP contribution in [0.1, 0.15) is 49.4 Å². The number of pyridine rings is 1. The zero-order valence-corrected chi connectivity index (χ0v) is 11.3. The Morgan fingerprint density at radius 2 is 2.10 bits per heavy atom. The van der Waals surface area contributed by atoms with E-state index in [0.29, 0.717) is 0 Å². The molecule has 2 rings (SSSR count). The van der Waals surface area contributed by atoms with Crippen molar-refractivity contribution in [3.63, 3.8) is 0 Å². The lowest BCUT2D eigenvalue weighted by molar-refractivity contribution is -0.385. The Hall–Kier alpha value is -2.18. The number of carbonyl (C=O) groups is 1. The smallest absolute Gasteiger partial charge is 0.339 e. The molecule has 0 unspecified atom stereocenters. The van der Waals surface area contributed by atoms with Gasteiger partial charge in [0.1, 0.15) is 17.6 Å². The molecule has 0 atom stereocenters. The van der Waals surface area contributed by atoms with E-state index in [9.17, 15) is 20.0 Å². The number of hydrogen-bond acceptors (Lipinski definition) is 5. The Kier molecular flexibility index (Phi) is 3.87. The molecule has 20 heavy (non-hydrogen) atoms. The first-order valence-electron chi connectivity index (χ1n) is 6.57. The number of carboxylic acid groups (broad SMARTS) is 1. The van der Waals surface area contributed by atoms with Crippen LogP contribution in [0, 0.1) is 10.1 Å². The maximum absolute atomic E-state index is 11.2. The van der Waals surface area contributed by atoms with Gasteiger partial charge in [-0.25, -0.2) is 9.78 Å². The van der Waals surface area contributed by atoms with Crippen LogP contribution in [0.5, 0.6) is 0 Å². The molecule has 108 valence electrons. The van der Waals surface area contributed by atoms with E-state index in [1.807, 2.05) is 6.92 Å². The molecule has 1 aromatic heterocycles. The van der Waals surface area contributed by atoms with Crippen LogP contribution in [0.25, 0.3) is 0 Å². The minimum absolute atomic E-state index is 0.161. The highest BCUT2D eigenvalue weighted by atomic mass is 16.6. The van der Waals surface area contributed by atoms with Crippen molar-refractivity contribution >= 4 is 17.5 Å². The molecular formula is C13H17N3O4. The summed E-state index contributed by atoms with van der Waals surface area (Å²) >= 11 is 0. The number of aromatic nitrogens is 1. The third-order valence-electron chi connectivity index (χ3n) is 3.69. The topological polar surface area (TPSA) is 105 Å². The summed E-state index contributed by atoms with van der Waals surface area (Å²) in [4.78, 5) is 25.2. The van der Waals surface area contributed by atoms with Gasteiger partial charge in [0, 0.05) is 11.6 Å². The monoisotopic (exact) mass is 279 g/mol. The van der Waals surface area contributed by atoms with Crippen molar-refractivity contribution in [3.8, 4) is 0 Å². The quantitative estimate of drug-likeness (QED) is 0.648. The summed E-state index contributed by atoms with van der Waals surface area (Å²) in [6.45, 7) is 2.03. The molecule has 0 bridgehead atoms. The fourth-order valence-corrected chi connectivity index (χ4v) is 2.56. The van der Waals surface area contributed by atoms with E-state index in [4.69, 9.17) is 0 Å².